The molecular formula is C28H46O. The molecule has 29 heavy (non-hydrogen) atoms. The van der Waals surface area contributed by atoms with Crippen LogP contribution in [-0.2, 0) is 0 Å². The molecule has 0 aromatic carbocycles. The molecule has 4 aliphatic carbocycles. The topological polar surface area (TPSA) is 20.2 Å². The van der Waals surface area contributed by atoms with Gasteiger partial charge in [-0.05, 0) is 91.3 Å². The van der Waals surface area contributed by atoms with Gasteiger partial charge < -0.3 is 5.11 Å². The average molecular weight is 399 g/mol. The second-order valence-electron chi connectivity index (χ2n) is 12.3. The van der Waals surface area contributed by atoms with Gasteiger partial charge in [-0.3, -0.25) is 0 Å². The molecule has 4 aliphatic rings. The Balaban J connectivity index is 1.52. The molecule has 0 heterocycles. The van der Waals surface area contributed by atoms with Gasteiger partial charge in [-0.1, -0.05) is 77.7 Å². The molecule has 164 valence electrons. The Morgan fingerprint density at radius 1 is 0.931 bits per heavy atom. The lowest BCUT2D eigenvalue weighted by Gasteiger charge is -2.55. The molecule has 1 N–H and O–H groups in total. The zero-order valence-electron chi connectivity index (χ0n) is 20.0. The molecule has 5 unspecified atom stereocenters. The predicted octanol–water partition coefficient (Wildman–Crippen LogP) is 7.55. The first kappa shape index (κ1) is 21.7. The van der Waals surface area contributed by atoms with E-state index in [-0.39, 0.29) is 6.10 Å². The lowest BCUT2D eigenvalue weighted by Crippen LogP contribution is -2.46. The van der Waals surface area contributed by atoms with Crippen LogP contribution in [0.2, 0.25) is 0 Å². The second-order valence-corrected chi connectivity index (χ2v) is 12.3. The number of hydrogen-bond donors (Lipinski definition) is 1. The molecule has 0 saturated heterocycles. The van der Waals surface area contributed by atoms with Gasteiger partial charge in [0.15, 0.2) is 0 Å². The first-order valence-electron chi connectivity index (χ1n) is 12.8. The summed E-state index contributed by atoms with van der Waals surface area (Å²) >= 11 is 0. The highest BCUT2D eigenvalue weighted by Gasteiger charge is 2.56. The molecule has 0 aromatic heterocycles. The highest BCUT2D eigenvalue weighted by molar-refractivity contribution is 5.38. The summed E-state index contributed by atoms with van der Waals surface area (Å²) in [6.07, 6.45) is 16.4. The summed E-state index contributed by atoms with van der Waals surface area (Å²) in [6.45, 7) is 14.9. The third-order valence-electron chi connectivity index (χ3n) is 10.5. The van der Waals surface area contributed by atoms with E-state index in [4.69, 9.17) is 0 Å². The zero-order valence-corrected chi connectivity index (χ0v) is 20.0. The van der Waals surface area contributed by atoms with Gasteiger partial charge in [0.1, 0.15) is 0 Å². The van der Waals surface area contributed by atoms with Crippen LogP contribution < -0.4 is 0 Å². The Morgan fingerprint density at radius 2 is 1.69 bits per heavy atom. The first-order valence-corrected chi connectivity index (χ1v) is 12.8. The maximum absolute atomic E-state index is 10.2. The molecule has 0 bridgehead atoms. The van der Waals surface area contributed by atoms with Gasteiger partial charge in [0.2, 0.25) is 0 Å². The highest BCUT2D eigenvalue weighted by atomic mass is 16.3. The minimum Gasteiger partial charge on any atom is -0.393 e. The van der Waals surface area contributed by atoms with E-state index in [1.807, 2.05) is 0 Å². The van der Waals surface area contributed by atoms with Crippen molar-refractivity contribution in [3.05, 3.63) is 23.3 Å². The van der Waals surface area contributed by atoms with Crippen LogP contribution >= 0.6 is 0 Å². The Labute approximate surface area is 180 Å². The Kier molecular flexibility index (Phi) is 5.86. The first-order chi connectivity index (χ1) is 13.7. The quantitative estimate of drug-likeness (QED) is 0.506. The van der Waals surface area contributed by atoms with Crippen molar-refractivity contribution in [3.8, 4) is 0 Å². The van der Waals surface area contributed by atoms with E-state index in [1.54, 1.807) is 11.1 Å². The molecule has 0 radical (unpaired) electrons. The third kappa shape index (κ3) is 3.58. The van der Waals surface area contributed by atoms with Crippen LogP contribution in [0.15, 0.2) is 23.3 Å². The normalized spacial score (nSPS) is 43.7. The van der Waals surface area contributed by atoms with Crippen LogP contribution in [0.5, 0.6) is 0 Å². The zero-order chi connectivity index (χ0) is 21.0. The van der Waals surface area contributed by atoms with Gasteiger partial charge >= 0.3 is 0 Å². The van der Waals surface area contributed by atoms with E-state index >= 15 is 0 Å². The van der Waals surface area contributed by atoms with E-state index in [1.165, 1.54) is 44.9 Å². The average Bonchev–Trinajstić information content (AvgIpc) is 3.03. The maximum atomic E-state index is 10.2. The van der Waals surface area contributed by atoms with Crippen molar-refractivity contribution >= 4 is 0 Å². The Morgan fingerprint density at radius 3 is 2.41 bits per heavy atom. The van der Waals surface area contributed by atoms with Crippen LogP contribution in [0.4, 0.5) is 0 Å². The minimum atomic E-state index is -0.108. The lowest BCUT2D eigenvalue weighted by molar-refractivity contribution is 0.0317. The molecule has 0 aromatic rings. The van der Waals surface area contributed by atoms with Crippen LogP contribution in [0.1, 0.15) is 99.3 Å². The van der Waals surface area contributed by atoms with E-state index < -0.39 is 0 Å². The van der Waals surface area contributed by atoms with Gasteiger partial charge in [0, 0.05) is 0 Å². The number of aliphatic hydroxyl groups excluding tert-OH is 1. The summed E-state index contributed by atoms with van der Waals surface area (Å²) < 4.78 is 0. The summed E-state index contributed by atoms with van der Waals surface area (Å²) in [5.74, 6) is 4.97. The minimum absolute atomic E-state index is 0.108. The fourth-order valence-electron chi connectivity index (χ4n) is 8.02. The van der Waals surface area contributed by atoms with Crippen LogP contribution in [0.3, 0.4) is 0 Å². The van der Waals surface area contributed by atoms with E-state index in [0.29, 0.717) is 10.8 Å². The van der Waals surface area contributed by atoms with Crippen molar-refractivity contribution in [1.82, 2.24) is 0 Å². The van der Waals surface area contributed by atoms with Crippen molar-refractivity contribution in [3.63, 3.8) is 0 Å². The molecule has 3 fully saturated rings. The smallest absolute Gasteiger partial charge is 0.0578 e. The van der Waals surface area contributed by atoms with Gasteiger partial charge in [0.05, 0.1) is 6.10 Å². The summed E-state index contributed by atoms with van der Waals surface area (Å²) in [7, 11) is 0. The molecule has 0 aliphatic heterocycles. The Hall–Kier alpha value is -0.560. The van der Waals surface area contributed by atoms with Gasteiger partial charge in [-0.15, -0.1) is 0 Å². The van der Waals surface area contributed by atoms with Crippen molar-refractivity contribution in [1.29, 1.82) is 0 Å². The maximum Gasteiger partial charge on any atom is 0.0578 e. The molecule has 1 nitrogen and oxygen atoms in total. The Bertz CT molecular complexity index is 672. The standard InChI is InChI=1S/C28H46O/c1-18(2)19(3)7-8-20(4)24-11-12-25-23-10-9-21-17-22(29)13-15-27(21,5)26(23)14-16-28(24,25)6/h9-10,18-20,22,24-26,29H,7-8,11-17H2,1-6H3/t19?,20?,22-,24?,25?,26?,27-,28+/m0/s1. The second kappa shape index (κ2) is 7.85. The van der Waals surface area contributed by atoms with Gasteiger partial charge in [0.25, 0.3) is 0 Å². The van der Waals surface area contributed by atoms with Crippen molar-refractivity contribution in [2.24, 2.45) is 46.3 Å². The van der Waals surface area contributed by atoms with E-state index in [2.05, 4.69) is 53.7 Å². The number of rotatable bonds is 5. The van der Waals surface area contributed by atoms with Crippen LogP contribution in [-0.4, -0.2) is 11.2 Å². The summed E-state index contributed by atoms with van der Waals surface area (Å²) in [5.41, 5.74) is 4.17. The predicted molar refractivity (Wildman–Crippen MR) is 124 cm³/mol. The summed E-state index contributed by atoms with van der Waals surface area (Å²) in [4.78, 5) is 0. The third-order valence-corrected chi connectivity index (χ3v) is 10.5. The fourth-order valence-corrected chi connectivity index (χ4v) is 8.02. The molecule has 8 atom stereocenters. The molecule has 4 rings (SSSR count). The lowest BCUT2D eigenvalue weighted by atomic mass is 9.50. The van der Waals surface area contributed by atoms with Gasteiger partial charge in [-0.2, -0.15) is 0 Å². The summed E-state index contributed by atoms with van der Waals surface area (Å²) in [5, 5.41) is 10.2. The number of aliphatic hydroxyl groups is 1. The molecule has 1 heteroatoms. The monoisotopic (exact) mass is 398 g/mol. The number of allylic oxidation sites excluding steroid dienone is 3. The highest BCUT2D eigenvalue weighted by Crippen LogP contribution is 2.66. The van der Waals surface area contributed by atoms with Crippen LogP contribution in [0, 0.1) is 46.3 Å². The fraction of sp³-hybridized carbons (Fsp3) is 0.857. The number of hydrogen-bond acceptors (Lipinski definition) is 1. The van der Waals surface area contributed by atoms with E-state index in [0.717, 1.165) is 48.3 Å². The summed E-state index contributed by atoms with van der Waals surface area (Å²) in [6, 6.07) is 0. The molecule has 0 spiro atoms. The van der Waals surface area contributed by atoms with Crippen molar-refractivity contribution < 1.29 is 5.11 Å². The molecule has 0 amide bonds. The van der Waals surface area contributed by atoms with Crippen LogP contribution in [0.25, 0.3) is 0 Å². The van der Waals surface area contributed by atoms with Crippen molar-refractivity contribution in [2.45, 2.75) is 105 Å². The van der Waals surface area contributed by atoms with Crippen molar-refractivity contribution in [2.75, 3.05) is 0 Å². The molecular weight excluding hydrogens is 352 g/mol. The van der Waals surface area contributed by atoms with E-state index in [9.17, 15) is 5.11 Å². The largest absolute Gasteiger partial charge is 0.393 e. The number of fused-ring (bicyclic) bond motifs is 5. The van der Waals surface area contributed by atoms with Gasteiger partial charge in [-0.25, -0.2) is 0 Å². The molecule has 3 saturated carbocycles. The SMILES string of the molecule is CC(C)C(C)CCC(C)C1CCC2C3=CC=C4C[C@@H](O)CC[C@]4(C)C3CC[C@@]21C.